The Morgan fingerprint density at radius 1 is 1.22 bits per heavy atom. The highest BCUT2D eigenvalue weighted by Crippen LogP contribution is 2.40. The Hall–Kier alpha value is -1.49. The van der Waals surface area contributed by atoms with Crippen molar-refractivity contribution < 1.29 is 19.6 Å². The molecule has 1 aliphatic carbocycles. The van der Waals surface area contributed by atoms with Crippen molar-refractivity contribution in [3.8, 4) is 0 Å². The highest BCUT2D eigenvalue weighted by Gasteiger charge is 2.50. The van der Waals surface area contributed by atoms with E-state index in [9.17, 15) is 19.6 Å². The first kappa shape index (κ1) is 20.2. The zero-order valence-corrected chi connectivity index (χ0v) is 17.0. The fraction of sp³-hybridized carbons (Fsp3) is 0.500. The van der Waals surface area contributed by atoms with Crippen LogP contribution in [-0.2, 0) is 9.36 Å². The zero-order chi connectivity index (χ0) is 19.3. The largest absolute Gasteiger partial charge is 0.481 e. The summed E-state index contributed by atoms with van der Waals surface area (Å²) in [6.07, 6.45) is 5.75. The van der Waals surface area contributed by atoms with Gasteiger partial charge in [-0.1, -0.05) is 72.7 Å². The summed E-state index contributed by atoms with van der Waals surface area (Å²) >= 11 is 1.26. The molecular weight excluding hydrogens is 381 g/mol. The molecule has 144 valence electrons. The molecule has 2 aromatic rings. The molecule has 7 heteroatoms. The number of hydrogen-bond donors (Lipinski definition) is 2. The Balaban J connectivity index is 1.72. The Morgan fingerprint density at radius 2 is 1.96 bits per heavy atom. The van der Waals surface area contributed by atoms with Gasteiger partial charge in [-0.15, -0.1) is 0 Å². The maximum absolute atomic E-state index is 11.9. The molecule has 3 unspecified atom stereocenters. The number of para-hydroxylation sites is 1. The van der Waals surface area contributed by atoms with Crippen LogP contribution in [-0.4, -0.2) is 32.3 Å². The molecular formula is C20H25NO4PS+. The molecule has 27 heavy (non-hydrogen) atoms. The van der Waals surface area contributed by atoms with E-state index < -0.39 is 25.7 Å². The van der Waals surface area contributed by atoms with Gasteiger partial charge in [0, 0.05) is 5.39 Å². The molecule has 3 rings (SSSR count). The quantitative estimate of drug-likeness (QED) is 0.488. The van der Waals surface area contributed by atoms with E-state index in [0.29, 0.717) is 11.4 Å². The highest BCUT2D eigenvalue weighted by molar-refractivity contribution is 7.99. The molecule has 0 spiro atoms. The van der Waals surface area contributed by atoms with Crippen molar-refractivity contribution in [3.05, 3.63) is 36.4 Å². The summed E-state index contributed by atoms with van der Waals surface area (Å²) in [5.41, 5.74) is 0.840. The van der Waals surface area contributed by atoms with Crippen LogP contribution in [0.15, 0.2) is 41.4 Å². The molecule has 5 nitrogen and oxygen atoms in total. The second-order valence-corrected chi connectivity index (χ2v) is 9.35. The summed E-state index contributed by atoms with van der Waals surface area (Å²) < 4.78 is 11.9. The van der Waals surface area contributed by atoms with Crippen LogP contribution in [0.3, 0.4) is 0 Å². The lowest BCUT2D eigenvalue weighted by Crippen LogP contribution is -2.41. The van der Waals surface area contributed by atoms with Gasteiger partial charge >= 0.3 is 14.4 Å². The second kappa shape index (κ2) is 9.13. The number of benzene rings is 1. The van der Waals surface area contributed by atoms with Gasteiger partial charge in [0.05, 0.1) is 16.3 Å². The number of carboxylic acid groups (broad SMARTS) is 1. The van der Waals surface area contributed by atoms with E-state index in [2.05, 4.69) is 4.98 Å². The Bertz CT molecular complexity index is 811. The molecule has 3 atom stereocenters. The van der Waals surface area contributed by atoms with Gasteiger partial charge in [0.25, 0.3) is 5.34 Å². The molecule has 1 aromatic heterocycles. The van der Waals surface area contributed by atoms with Crippen LogP contribution in [0.2, 0.25) is 0 Å². The predicted octanol–water partition coefficient (Wildman–Crippen LogP) is 4.71. The molecule has 0 saturated heterocycles. The maximum atomic E-state index is 11.9. The lowest BCUT2D eigenvalue weighted by Gasteiger charge is -2.28. The number of thioether (sulfide) groups is 1. The minimum absolute atomic E-state index is 0.0456. The Morgan fingerprint density at radius 3 is 2.67 bits per heavy atom. The van der Waals surface area contributed by atoms with Crippen molar-refractivity contribution in [1.82, 2.24) is 4.98 Å². The number of aliphatic carboxylic acids is 1. The average Bonchev–Trinajstić information content (AvgIpc) is 2.70. The van der Waals surface area contributed by atoms with Crippen molar-refractivity contribution in [1.29, 1.82) is 0 Å². The molecule has 2 N–H and O–H groups in total. The monoisotopic (exact) mass is 406 g/mol. The number of aromatic nitrogens is 1. The van der Waals surface area contributed by atoms with Crippen molar-refractivity contribution in [2.75, 3.05) is 5.75 Å². The number of aliphatic hydroxyl groups is 1. The van der Waals surface area contributed by atoms with Crippen molar-refractivity contribution >= 4 is 37.1 Å². The van der Waals surface area contributed by atoms with E-state index >= 15 is 0 Å². The third-order valence-electron chi connectivity index (χ3n) is 5.36. The minimum atomic E-state index is -1.75. The second-order valence-electron chi connectivity index (χ2n) is 7.29. The first-order chi connectivity index (χ1) is 13.0. The fourth-order valence-corrected chi connectivity index (χ4v) is 5.50. The molecule has 1 aliphatic rings. The van der Waals surface area contributed by atoms with Gasteiger partial charge in [-0.05, 0) is 24.5 Å². The minimum Gasteiger partial charge on any atom is -0.481 e. The fourth-order valence-electron chi connectivity index (χ4n) is 3.77. The normalized spacial score (nSPS) is 19.0. The maximum Gasteiger partial charge on any atom is 0.361 e. The summed E-state index contributed by atoms with van der Waals surface area (Å²) in [6, 6.07) is 11.5. The van der Waals surface area contributed by atoms with E-state index in [-0.39, 0.29) is 11.7 Å². The number of fused-ring (bicyclic) bond motifs is 1. The molecule has 0 amide bonds. The number of nitrogens with zero attached hydrogens (tertiary/aromatic N) is 1. The highest BCUT2D eigenvalue weighted by atomic mass is 32.2. The topological polar surface area (TPSA) is 87.5 Å². The van der Waals surface area contributed by atoms with Crippen LogP contribution in [0.1, 0.15) is 38.5 Å². The van der Waals surface area contributed by atoms with Crippen LogP contribution >= 0.6 is 20.2 Å². The summed E-state index contributed by atoms with van der Waals surface area (Å²) in [4.78, 5) is 16.4. The molecule has 1 fully saturated rings. The number of carbonyl (C=O) groups is 1. The summed E-state index contributed by atoms with van der Waals surface area (Å²) in [6.45, 7) is 0. The van der Waals surface area contributed by atoms with Gasteiger partial charge in [0.2, 0.25) is 0 Å². The van der Waals surface area contributed by atoms with E-state index in [1.54, 1.807) is 0 Å². The van der Waals surface area contributed by atoms with Gasteiger partial charge < -0.3 is 10.2 Å². The van der Waals surface area contributed by atoms with Crippen LogP contribution in [0, 0.1) is 11.8 Å². The summed E-state index contributed by atoms with van der Waals surface area (Å²) in [7, 11) is -1.09. The molecule has 1 heterocycles. The van der Waals surface area contributed by atoms with Gasteiger partial charge in [-0.25, -0.2) is 4.98 Å². The SMILES string of the molecule is O=[PH+]C(O)(CSc1ccc2ccccc2n1)C(CC1CCCCC1)C(=O)O. The molecule has 1 aromatic carbocycles. The van der Waals surface area contributed by atoms with Crippen molar-refractivity contribution in [2.45, 2.75) is 48.9 Å². The van der Waals surface area contributed by atoms with Crippen LogP contribution in [0.4, 0.5) is 0 Å². The van der Waals surface area contributed by atoms with E-state index in [4.69, 9.17) is 0 Å². The zero-order valence-electron chi connectivity index (χ0n) is 15.1. The van der Waals surface area contributed by atoms with E-state index in [1.807, 2.05) is 36.4 Å². The molecule has 0 bridgehead atoms. The number of carboxylic acids is 1. The van der Waals surface area contributed by atoms with Gasteiger partial charge in [-0.3, -0.25) is 4.79 Å². The van der Waals surface area contributed by atoms with Gasteiger partial charge in [0.15, 0.2) is 0 Å². The Labute approximate surface area is 164 Å². The smallest absolute Gasteiger partial charge is 0.361 e. The summed E-state index contributed by atoms with van der Waals surface area (Å²) in [5.74, 6) is -1.77. The first-order valence-corrected chi connectivity index (χ1v) is 11.2. The van der Waals surface area contributed by atoms with Crippen LogP contribution in [0.5, 0.6) is 0 Å². The lowest BCUT2D eigenvalue weighted by atomic mass is 9.81. The third-order valence-corrected chi connectivity index (χ3v) is 7.60. The van der Waals surface area contributed by atoms with Gasteiger partial charge in [-0.2, -0.15) is 0 Å². The van der Waals surface area contributed by atoms with Crippen LogP contribution in [0.25, 0.3) is 10.9 Å². The molecule has 1 saturated carbocycles. The predicted molar refractivity (Wildman–Crippen MR) is 109 cm³/mol. The molecule has 0 aliphatic heterocycles. The van der Waals surface area contributed by atoms with Crippen LogP contribution < -0.4 is 0 Å². The summed E-state index contributed by atoms with van der Waals surface area (Å²) in [5, 5.41) is 20.6. The van der Waals surface area contributed by atoms with Gasteiger partial charge in [0.1, 0.15) is 5.92 Å². The van der Waals surface area contributed by atoms with E-state index in [1.165, 1.54) is 18.2 Å². The third kappa shape index (κ3) is 5.07. The standard InChI is InChI=1S/C20H24NO4PS/c22-19(23)16(12-14-6-2-1-3-7-14)20(24,26-25)13-27-18-11-10-15-8-4-5-9-17(15)21-18/h4-5,8-11,14,16,24H,1-3,6-7,12-13H2,(H,22,23)/p+1. The Kier molecular flexibility index (Phi) is 6.85. The average molecular weight is 406 g/mol. The number of rotatable bonds is 8. The van der Waals surface area contributed by atoms with Crippen molar-refractivity contribution in [3.63, 3.8) is 0 Å². The first-order valence-electron chi connectivity index (χ1n) is 9.35. The van der Waals surface area contributed by atoms with E-state index in [0.717, 1.165) is 36.6 Å². The van der Waals surface area contributed by atoms with Crippen molar-refractivity contribution in [2.24, 2.45) is 11.8 Å². The number of hydrogen-bond acceptors (Lipinski definition) is 5. The molecule has 0 radical (unpaired) electrons. The number of pyridine rings is 1. The lowest BCUT2D eigenvalue weighted by molar-refractivity contribution is -0.147.